The van der Waals surface area contributed by atoms with Crippen LogP contribution in [0.1, 0.15) is 45.4 Å². The van der Waals surface area contributed by atoms with Crippen LogP contribution in [0.3, 0.4) is 0 Å². The van der Waals surface area contributed by atoms with Crippen molar-refractivity contribution in [2.45, 2.75) is 57.6 Å². The Kier molecular flexibility index (Phi) is 7.73. The maximum atomic E-state index is 11.9. The van der Waals surface area contributed by atoms with Crippen LogP contribution in [0, 0.1) is 5.92 Å². The van der Waals surface area contributed by atoms with Crippen molar-refractivity contribution in [1.82, 2.24) is 10.6 Å². The summed E-state index contributed by atoms with van der Waals surface area (Å²) in [5.74, 6) is 0.923. The Morgan fingerprint density at radius 2 is 2.11 bits per heavy atom. The SMILES string of the molecule is CC(NC(=O)CCC1CCNCC1)C1CCCO1.Cl. The number of carbonyl (C=O) groups is 1. The summed E-state index contributed by atoms with van der Waals surface area (Å²) >= 11 is 0. The zero-order valence-electron chi connectivity index (χ0n) is 11.8. The Morgan fingerprint density at radius 1 is 1.37 bits per heavy atom. The summed E-state index contributed by atoms with van der Waals surface area (Å²) in [6.45, 7) is 5.12. The maximum Gasteiger partial charge on any atom is 0.220 e. The molecular weight excluding hydrogens is 264 g/mol. The van der Waals surface area contributed by atoms with Gasteiger partial charge in [-0.05, 0) is 58.0 Å². The van der Waals surface area contributed by atoms with Gasteiger partial charge in [-0.15, -0.1) is 12.4 Å². The fourth-order valence-corrected chi connectivity index (χ4v) is 2.92. The quantitative estimate of drug-likeness (QED) is 0.813. The van der Waals surface area contributed by atoms with Crippen LogP contribution in [0.4, 0.5) is 0 Å². The first-order chi connectivity index (χ1) is 8.75. The van der Waals surface area contributed by atoms with Crippen LogP contribution in [-0.4, -0.2) is 37.7 Å². The minimum absolute atomic E-state index is 0. The molecule has 0 spiro atoms. The molecule has 1 amide bonds. The third-order valence-corrected chi connectivity index (χ3v) is 4.15. The summed E-state index contributed by atoms with van der Waals surface area (Å²) in [6.07, 6.45) is 6.57. The lowest BCUT2D eigenvalue weighted by molar-refractivity contribution is -0.122. The molecule has 2 aliphatic heterocycles. The van der Waals surface area contributed by atoms with Gasteiger partial charge < -0.3 is 15.4 Å². The highest BCUT2D eigenvalue weighted by Crippen LogP contribution is 2.18. The van der Waals surface area contributed by atoms with Crippen molar-refractivity contribution in [2.24, 2.45) is 5.92 Å². The van der Waals surface area contributed by atoms with Crippen LogP contribution in [0.25, 0.3) is 0 Å². The molecule has 0 aromatic carbocycles. The second kappa shape index (κ2) is 8.77. The molecule has 2 atom stereocenters. The fraction of sp³-hybridized carbons (Fsp3) is 0.929. The van der Waals surface area contributed by atoms with Gasteiger partial charge in [0.2, 0.25) is 5.91 Å². The van der Waals surface area contributed by atoms with Gasteiger partial charge in [-0.25, -0.2) is 0 Å². The van der Waals surface area contributed by atoms with Crippen molar-refractivity contribution in [3.63, 3.8) is 0 Å². The number of hydrogen-bond donors (Lipinski definition) is 2. The van der Waals surface area contributed by atoms with E-state index in [9.17, 15) is 4.79 Å². The van der Waals surface area contributed by atoms with E-state index in [1.165, 1.54) is 12.8 Å². The summed E-state index contributed by atoms with van der Waals surface area (Å²) in [7, 11) is 0. The average Bonchev–Trinajstić information content (AvgIpc) is 2.91. The van der Waals surface area contributed by atoms with E-state index in [4.69, 9.17) is 4.74 Å². The van der Waals surface area contributed by atoms with E-state index in [-0.39, 0.29) is 30.5 Å². The molecule has 2 N–H and O–H groups in total. The molecule has 19 heavy (non-hydrogen) atoms. The number of amides is 1. The molecule has 2 aliphatic rings. The van der Waals surface area contributed by atoms with Crippen LogP contribution in [-0.2, 0) is 9.53 Å². The standard InChI is InChI=1S/C14H26N2O2.ClH/c1-11(13-3-2-10-18-13)16-14(17)5-4-12-6-8-15-9-7-12;/h11-13,15H,2-10H2,1H3,(H,16,17);1H. The highest BCUT2D eigenvalue weighted by molar-refractivity contribution is 5.85. The molecule has 0 aliphatic carbocycles. The summed E-state index contributed by atoms with van der Waals surface area (Å²) in [5, 5.41) is 6.44. The number of carbonyl (C=O) groups excluding carboxylic acids is 1. The molecule has 112 valence electrons. The molecule has 0 aromatic heterocycles. The Labute approximate surface area is 122 Å². The van der Waals surface area contributed by atoms with Crippen molar-refractivity contribution in [2.75, 3.05) is 19.7 Å². The fourth-order valence-electron chi connectivity index (χ4n) is 2.92. The first-order valence-corrected chi connectivity index (χ1v) is 7.37. The van der Waals surface area contributed by atoms with Crippen molar-refractivity contribution in [3.8, 4) is 0 Å². The van der Waals surface area contributed by atoms with Crippen molar-refractivity contribution in [3.05, 3.63) is 0 Å². The summed E-state index contributed by atoms with van der Waals surface area (Å²) in [5.41, 5.74) is 0. The molecule has 0 bridgehead atoms. The number of piperidine rings is 1. The Balaban J connectivity index is 0.00000180. The highest BCUT2D eigenvalue weighted by atomic mass is 35.5. The molecule has 0 radical (unpaired) electrons. The highest BCUT2D eigenvalue weighted by Gasteiger charge is 2.23. The molecule has 4 nitrogen and oxygen atoms in total. The maximum absolute atomic E-state index is 11.9. The second-order valence-corrected chi connectivity index (χ2v) is 5.64. The number of rotatable bonds is 5. The lowest BCUT2D eigenvalue weighted by atomic mass is 9.93. The zero-order valence-corrected chi connectivity index (χ0v) is 12.6. The Hall–Kier alpha value is -0.320. The lowest BCUT2D eigenvalue weighted by Crippen LogP contribution is -2.41. The van der Waals surface area contributed by atoms with Gasteiger partial charge in [0.05, 0.1) is 12.1 Å². The van der Waals surface area contributed by atoms with Crippen LogP contribution in [0.2, 0.25) is 0 Å². The van der Waals surface area contributed by atoms with Crippen LogP contribution in [0.15, 0.2) is 0 Å². The van der Waals surface area contributed by atoms with E-state index in [1.807, 2.05) is 0 Å². The van der Waals surface area contributed by atoms with Gasteiger partial charge in [-0.1, -0.05) is 0 Å². The van der Waals surface area contributed by atoms with Crippen molar-refractivity contribution in [1.29, 1.82) is 0 Å². The predicted molar refractivity (Wildman–Crippen MR) is 78.7 cm³/mol. The summed E-state index contributed by atoms with van der Waals surface area (Å²) < 4.78 is 5.59. The Bertz CT molecular complexity index is 264. The van der Waals surface area contributed by atoms with Gasteiger partial charge in [0.15, 0.2) is 0 Å². The molecule has 2 saturated heterocycles. The zero-order chi connectivity index (χ0) is 12.8. The van der Waals surface area contributed by atoms with Gasteiger partial charge in [0.25, 0.3) is 0 Å². The van der Waals surface area contributed by atoms with Gasteiger partial charge in [-0.3, -0.25) is 4.79 Å². The number of hydrogen-bond acceptors (Lipinski definition) is 3. The first-order valence-electron chi connectivity index (χ1n) is 7.37. The third kappa shape index (κ3) is 5.67. The lowest BCUT2D eigenvalue weighted by Gasteiger charge is -2.23. The average molecular weight is 291 g/mol. The van der Waals surface area contributed by atoms with E-state index >= 15 is 0 Å². The van der Waals surface area contributed by atoms with E-state index in [0.29, 0.717) is 6.42 Å². The van der Waals surface area contributed by atoms with Crippen LogP contribution < -0.4 is 10.6 Å². The van der Waals surface area contributed by atoms with E-state index < -0.39 is 0 Å². The largest absolute Gasteiger partial charge is 0.376 e. The molecular formula is C14H27ClN2O2. The second-order valence-electron chi connectivity index (χ2n) is 5.64. The van der Waals surface area contributed by atoms with Crippen molar-refractivity contribution >= 4 is 18.3 Å². The molecule has 2 fully saturated rings. The van der Waals surface area contributed by atoms with Gasteiger partial charge in [0.1, 0.15) is 0 Å². The first kappa shape index (κ1) is 16.7. The smallest absolute Gasteiger partial charge is 0.220 e. The number of ether oxygens (including phenoxy) is 1. The normalized spacial score (nSPS) is 25.6. The third-order valence-electron chi connectivity index (χ3n) is 4.15. The monoisotopic (exact) mass is 290 g/mol. The molecule has 2 rings (SSSR count). The summed E-state index contributed by atoms with van der Waals surface area (Å²) in [6, 6.07) is 0.160. The molecule has 5 heteroatoms. The molecule has 2 heterocycles. The van der Waals surface area contributed by atoms with E-state index in [1.54, 1.807) is 0 Å². The minimum Gasteiger partial charge on any atom is -0.376 e. The Morgan fingerprint density at radius 3 is 2.74 bits per heavy atom. The van der Waals surface area contributed by atoms with E-state index in [0.717, 1.165) is 44.9 Å². The van der Waals surface area contributed by atoms with Gasteiger partial charge in [0, 0.05) is 13.0 Å². The van der Waals surface area contributed by atoms with Crippen molar-refractivity contribution < 1.29 is 9.53 Å². The molecule has 2 unspecified atom stereocenters. The topological polar surface area (TPSA) is 50.4 Å². The molecule has 0 aromatic rings. The molecule has 0 saturated carbocycles. The number of halogens is 1. The van der Waals surface area contributed by atoms with E-state index in [2.05, 4.69) is 17.6 Å². The summed E-state index contributed by atoms with van der Waals surface area (Å²) in [4.78, 5) is 11.9. The van der Waals surface area contributed by atoms with Crippen LogP contribution >= 0.6 is 12.4 Å². The predicted octanol–water partition coefficient (Wildman–Crippen LogP) is 1.87. The van der Waals surface area contributed by atoms with Crippen LogP contribution in [0.5, 0.6) is 0 Å². The minimum atomic E-state index is 0. The van der Waals surface area contributed by atoms with Gasteiger partial charge in [-0.2, -0.15) is 0 Å². The van der Waals surface area contributed by atoms with Gasteiger partial charge >= 0.3 is 0 Å². The number of nitrogens with one attached hydrogen (secondary N) is 2.